The first-order valence-electron chi connectivity index (χ1n) is 8.28. The van der Waals surface area contributed by atoms with Crippen molar-refractivity contribution in [2.75, 3.05) is 11.1 Å². The van der Waals surface area contributed by atoms with Crippen molar-refractivity contribution in [1.82, 2.24) is 16.0 Å². The number of hydrogen-bond acceptors (Lipinski definition) is 6. The molecule has 0 aliphatic rings. The average molecular weight is 390 g/mol. The molecule has 3 amide bonds. The normalized spacial score (nSPS) is 11.6. The van der Waals surface area contributed by atoms with Crippen molar-refractivity contribution in [2.45, 2.75) is 32.9 Å². The van der Waals surface area contributed by atoms with Gasteiger partial charge in [0.1, 0.15) is 5.76 Å². The van der Waals surface area contributed by atoms with E-state index in [4.69, 9.17) is 4.52 Å². The molecule has 0 bridgehead atoms. The lowest BCUT2D eigenvalue weighted by molar-refractivity contribution is -0.119. The molecule has 2 rings (SSSR count). The molecular formula is C18H22N4O4S. The van der Waals surface area contributed by atoms with Crippen LogP contribution in [0.1, 0.15) is 34.2 Å². The van der Waals surface area contributed by atoms with Crippen LogP contribution in [0.4, 0.5) is 5.82 Å². The number of benzene rings is 1. The summed E-state index contributed by atoms with van der Waals surface area (Å²) >= 11 is 1.14. The molecule has 9 heteroatoms. The molecule has 3 N–H and O–H groups in total. The Bertz CT molecular complexity index is 850. The first kappa shape index (κ1) is 20.5. The lowest BCUT2D eigenvalue weighted by atomic mass is 10.1. The number of rotatable bonds is 6. The number of anilines is 1. The van der Waals surface area contributed by atoms with Gasteiger partial charge in [0, 0.05) is 11.6 Å². The van der Waals surface area contributed by atoms with Gasteiger partial charge in [0.15, 0.2) is 5.82 Å². The molecule has 144 valence electrons. The molecule has 2 aromatic rings. The van der Waals surface area contributed by atoms with Crippen LogP contribution in [0.2, 0.25) is 0 Å². The van der Waals surface area contributed by atoms with Gasteiger partial charge in [-0.15, -0.1) is 11.8 Å². The lowest BCUT2D eigenvalue weighted by Crippen LogP contribution is -2.43. The third-order valence-corrected chi connectivity index (χ3v) is 4.80. The fourth-order valence-electron chi connectivity index (χ4n) is 2.23. The predicted molar refractivity (Wildman–Crippen MR) is 103 cm³/mol. The molecule has 0 unspecified atom stereocenters. The maximum Gasteiger partial charge on any atom is 0.269 e. The third-order valence-electron chi connectivity index (χ3n) is 3.65. The third kappa shape index (κ3) is 6.14. The number of nitrogens with zero attached hydrogens (tertiary/aromatic N) is 1. The summed E-state index contributed by atoms with van der Waals surface area (Å²) in [6, 6.07) is 7.03. The van der Waals surface area contributed by atoms with Gasteiger partial charge >= 0.3 is 0 Å². The number of nitrogens with one attached hydrogen (secondary N) is 3. The number of amides is 3. The summed E-state index contributed by atoms with van der Waals surface area (Å²) in [5, 5.41) is 5.80. The van der Waals surface area contributed by atoms with Gasteiger partial charge < -0.3 is 9.84 Å². The molecule has 8 nitrogen and oxygen atoms in total. The Morgan fingerprint density at radius 2 is 1.89 bits per heavy atom. The summed E-state index contributed by atoms with van der Waals surface area (Å²) < 4.78 is 4.87. The van der Waals surface area contributed by atoms with Gasteiger partial charge in [-0.25, -0.2) is 0 Å². The van der Waals surface area contributed by atoms with Crippen molar-refractivity contribution < 1.29 is 18.9 Å². The van der Waals surface area contributed by atoms with Crippen LogP contribution in [0.15, 0.2) is 28.8 Å². The van der Waals surface area contributed by atoms with Gasteiger partial charge in [-0.1, -0.05) is 22.9 Å². The van der Waals surface area contributed by atoms with E-state index in [2.05, 4.69) is 21.3 Å². The monoisotopic (exact) mass is 390 g/mol. The molecular weight excluding hydrogens is 368 g/mol. The van der Waals surface area contributed by atoms with E-state index in [1.54, 1.807) is 26.0 Å². The molecule has 1 atom stereocenters. The fraction of sp³-hybridized carbons (Fsp3) is 0.333. The van der Waals surface area contributed by atoms with Gasteiger partial charge in [-0.3, -0.25) is 25.2 Å². The molecule has 1 aromatic carbocycles. The Hall–Kier alpha value is -2.81. The van der Waals surface area contributed by atoms with E-state index < -0.39 is 17.1 Å². The Labute approximate surface area is 161 Å². The second kappa shape index (κ2) is 9.22. The summed E-state index contributed by atoms with van der Waals surface area (Å²) in [5.74, 6) is -0.160. The van der Waals surface area contributed by atoms with Gasteiger partial charge in [0.25, 0.3) is 5.91 Å². The summed E-state index contributed by atoms with van der Waals surface area (Å²) in [5.41, 5.74) is 7.10. The number of carbonyl (C=O) groups excluding carboxylic acids is 3. The van der Waals surface area contributed by atoms with Gasteiger partial charge in [0.2, 0.25) is 11.8 Å². The van der Waals surface area contributed by atoms with Crippen LogP contribution in [0.5, 0.6) is 0 Å². The molecule has 0 radical (unpaired) electrons. The van der Waals surface area contributed by atoms with Crippen LogP contribution >= 0.6 is 11.8 Å². The zero-order valence-corrected chi connectivity index (χ0v) is 16.4. The van der Waals surface area contributed by atoms with E-state index in [0.29, 0.717) is 17.1 Å². The number of hydrogen-bond donors (Lipinski definition) is 3. The van der Waals surface area contributed by atoms with Gasteiger partial charge in [-0.2, -0.15) is 0 Å². The molecule has 1 heterocycles. The number of hydrazine groups is 1. The first-order valence-corrected chi connectivity index (χ1v) is 9.33. The van der Waals surface area contributed by atoms with E-state index in [9.17, 15) is 14.4 Å². The van der Waals surface area contributed by atoms with Crippen LogP contribution in [-0.4, -0.2) is 33.9 Å². The summed E-state index contributed by atoms with van der Waals surface area (Å²) in [6.45, 7) is 7.16. The van der Waals surface area contributed by atoms with Crippen molar-refractivity contribution in [2.24, 2.45) is 0 Å². The van der Waals surface area contributed by atoms with Crippen LogP contribution < -0.4 is 16.2 Å². The molecule has 27 heavy (non-hydrogen) atoms. The van der Waals surface area contributed by atoms with Crippen molar-refractivity contribution >= 4 is 35.3 Å². The smallest absolute Gasteiger partial charge is 0.269 e. The van der Waals surface area contributed by atoms with Gasteiger partial charge in [-0.05, 0) is 39.3 Å². The standard InChI is InChI=1S/C18H22N4O4S/c1-10-5-6-14(11(2)7-10)18(25)21-20-16(23)9-27-13(4)17(24)19-15-8-12(3)26-22-15/h5-8,13H,9H2,1-4H3,(H,20,23)(H,21,25)(H,19,22,24)/t13-/m0/s1. The SMILES string of the molecule is Cc1ccc(C(=O)NNC(=O)CS[C@@H](C)C(=O)Nc2cc(C)on2)c(C)c1. The van der Waals surface area contributed by atoms with Gasteiger partial charge in [0.05, 0.1) is 11.0 Å². The largest absolute Gasteiger partial charge is 0.360 e. The fourth-order valence-corrected chi connectivity index (χ4v) is 2.91. The van der Waals surface area contributed by atoms with E-state index >= 15 is 0 Å². The quantitative estimate of drug-likeness (QED) is 0.651. The lowest BCUT2D eigenvalue weighted by Gasteiger charge is -2.12. The minimum atomic E-state index is -0.484. The molecule has 0 saturated heterocycles. The van der Waals surface area contributed by atoms with Crippen molar-refractivity contribution in [1.29, 1.82) is 0 Å². The topological polar surface area (TPSA) is 113 Å². The summed E-state index contributed by atoms with van der Waals surface area (Å²) in [6.07, 6.45) is 0. The van der Waals surface area contributed by atoms with E-state index in [1.165, 1.54) is 0 Å². The number of thioether (sulfide) groups is 1. The Balaban J connectivity index is 1.75. The molecule has 0 fully saturated rings. The highest BCUT2D eigenvalue weighted by Crippen LogP contribution is 2.14. The van der Waals surface area contributed by atoms with Crippen LogP contribution in [0.3, 0.4) is 0 Å². The zero-order valence-electron chi connectivity index (χ0n) is 15.6. The molecule has 0 aliphatic heterocycles. The highest BCUT2D eigenvalue weighted by molar-refractivity contribution is 8.01. The van der Waals surface area contributed by atoms with E-state index in [1.807, 2.05) is 26.0 Å². The van der Waals surface area contributed by atoms with Crippen LogP contribution in [0.25, 0.3) is 0 Å². The second-order valence-corrected chi connectivity index (χ2v) is 7.42. The van der Waals surface area contributed by atoms with E-state index in [-0.39, 0.29) is 11.7 Å². The molecule has 0 spiro atoms. The Morgan fingerprint density at radius 1 is 1.15 bits per heavy atom. The highest BCUT2D eigenvalue weighted by Gasteiger charge is 2.17. The van der Waals surface area contributed by atoms with Crippen molar-refractivity contribution in [3.63, 3.8) is 0 Å². The maximum atomic E-state index is 12.1. The minimum Gasteiger partial charge on any atom is -0.360 e. The Morgan fingerprint density at radius 3 is 2.52 bits per heavy atom. The number of aromatic nitrogens is 1. The zero-order chi connectivity index (χ0) is 20.0. The Kier molecular flexibility index (Phi) is 7.00. The van der Waals surface area contributed by atoms with Crippen LogP contribution in [0, 0.1) is 20.8 Å². The summed E-state index contributed by atoms with van der Waals surface area (Å²) in [7, 11) is 0. The van der Waals surface area contributed by atoms with Crippen molar-refractivity contribution in [3.05, 3.63) is 46.7 Å². The molecule has 0 saturated carbocycles. The maximum absolute atomic E-state index is 12.1. The number of carbonyl (C=O) groups is 3. The summed E-state index contributed by atoms with van der Waals surface area (Å²) in [4.78, 5) is 36.1. The first-order chi connectivity index (χ1) is 12.8. The van der Waals surface area contributed by atoms with Crippen LogP contribution in [-0.2, 0) is 9.59 Å². The molecule has 0 aliphatic carbocycles. The minimum absolute atomic E-state index is 0.0135. The second-order valence-electron chi connectivity index (χ2n) is 6.09. The molecule has 1 aromatic heterocycles. The predicted octanol–water partition coefficient (Wildman–Crippen LogP) is 2.12. The number of aryl methyl sites for hydroxylation is 3. The average Bonchev–Trinajstić information content (AvgIpc) is 3.02. The van der Waals surface area contributed by atoms with Crippen molar-refractivity contribution in [3.8, 4) is 0 Å². The van der Waals surface area contributed by atoms with E-state index in [0.717, 1.165) is 22.9 Å². The highest BCUT2D eigenvalue weighted by atomic mass is 32.2.